The van der Waals surface area contributed by atoms with Crippen molar-refractivity contribution in [3.05, 3.63) is 63.0 Å². The lowest BCUT2D eigenvalue weighted by molar-refractivity contribution is -0.384. The van der Waals surface area contributed by atoms with E-state index in [1.54, 1.807) is 24.3 Å². The fraction of sp³-hybridized carbons (Fsp3) is 0.0588. The van der Waals surface area contributed by atoms with Gasteiger partial charge >= 0.3 is 5.63 Å². The molecule has 4 aromatic rings. The highest BCUT2D eigenvalue weighted by Crippen LogP contribution is 2.28. The Labute approximate surface area is 139 Å². The molecule has 0 fully saturated rings. The molecule has 2 aromatic heterocycles. The first kappa shape index (κ1) is 14.9. The highest BCUT2D eigenvalue weighted by atomic mass is 16.6. The smallest absolute Gasteiger partial charge is 0.349 e. The second-order valence-corrected chi connectivity index (χ2v) is 5.28. The molecule has 0 saturated carbocycles. The maximum atomic E-state index is 12.2. The molecular weight excluding hydrogens is 328 g/mol. The summed E-state index contributed by atoms with van der Waals surface area (Å²) in [5, 5.41) is 11.5. The third-order valence-corrected chi connectivity index (χ3v) is 3.75. The molecule has 25 heavy (non-hydrogen) atoms. The average molecular weight is 338 g/mol. The van der Waals surface area contributed by atoms with Gasteiger partial charge in [0.2, 0.25) is 5.89 Å². The van der Waals surface area contributed by atoms with Gasteiger partial charge in [0.05, 0.1) is 18.1 Å². The van der Waals surface area contributed by atoms with Gasteiger partial charge in [-0.2, -0.15) is 0 Å². The summed E-state index contributed by atoms with van der Waals surface area (Å²) in [5.74, 6) is 0.648. The van der Waals surface area contributed by atoms with Crippen molar-refractivity contribution in [1.29, 1.82) is 0 Å². The van der Waals surface area contributed by atoms with Gasteiger partial charge in [-0.15, -0.1) is 0 Å². The van der Waals surface area contributed by atoms with E-state index in [4.69, 9.17) is 13.6 Å². The Bertz CT molecular complexity index is 1190. The number of oxazole rings is 1. The van der Waals surface area contributed by atoms with Crippen LogP contribution in [0.4, 0.5) is 5.69 Å². The van der Waals surface area contributed by atoms with E-state index in [9.17, 15) is 14.9 Å². The predicted octanol–water partition coefficient (Wildman–Crippen LogP) is 3.52. The number of hydrogen-bond donors (Lipinski definition) is 0. The Balaban J connectivity index is 1.90. The van der Waals surface area contributed by atoms with Gasteiger partial charge in [0.15, 0.2) is 5.58 Å². The molecule has 2 heterocycles. The number of aromatic nitrogens is 1. The molecule has 0 aliphatic rings. The zero-order valence-electron chi connectivity index (χ0n) is 12.9. The second kappa shape index (κ2) is 5.45. The SMILES string of the molecule is COc1ccc2oc(=O)c(-c3nc4ccc([N+](=O)[O-])cc4o3)cc2c1. The Morgan fingerprint density at radius 2 is 1.92 bits per heavy atom. The summed E-state index contributed by atoms with van der Waals surface area (Å²) in [6, 6.07) is 10.7. The number of fused-ring (bicyclic) bond motifs is 2. The van der Waals surface area contributed by atoms with Crippen molar-refractivity contribution in [2.75, 3.05) is 7.11 Å². The van der Waals surface area contributed by atoms with Gasteiger partial charge in [0.1, 0.15) is 22.4 Å². The zero-order valence-corrected chi connectivity index (χ0v) is 12.9. The fourth-order valence-corrected chi connectivity index (χ4v) is 2.52. The third-order valence-electron chi connectivity index (χ3n) is 3.75. The summed E-state index contributed by atoms with van der Waals surface area (Å²) in [7, 11) is 1.54. The highest BCUT2D eigenvalue weighted by molar-refractivity contribution is 5.83. The van der Waals surface area contributed by atoms with E-state index < -0.39 is 10.5 Å². The third kappa shape index (κ3) is 2.49. The lowest BCUT2D eigenvalue weighted by Gasteiger charge is -2.02. The van der Waals surface area contributed by atoms with E-state index in [1.165, 1.54) is 25.3 Å². The number of nitro benzene ring substituents is 1. The van der Waals surface area contributed by atoms with E-state index in [0.29, 0.717) is 22.2 Å². The normalized spacial score (nSPS) is 11.1. The molecule has 0 N–H and O–H groups in total. The molecule has 0 bridgehead atoms. The van der Waals surface area contributed by atoms with E-state index in [-0.39, 0.29) is 22.7 Å². The fourth-order valence-electron chi connectivity index (χ4n) is 2.52. The number of rotatable bonds is 3. The summed E-state index contributed by atoms with van der Waals surface area (Å²) in [6.07, 6.45) is 0. The van der Waals surface area contributed by atoms with Gasteiger partial charge in [-0.25, -0.2) is 9.78 Å². The summed E-state index contributed by atoms with van der Waals surface area (Å²) in [6.45, 7) is 0. The molecule has 0 aliphatic heterocycles. The van der Waals surface area contributed by atoms with Crippen LogP contribution >= 0.6 is 0 Å². The topological polar surface area (TPSA) is 109 Å². The second-order valence-electron chi connectivity index (χ2n) is 5.28. The number of non-ortho nitro benzene ring substituents is 1. The molecule has 8 nitrogen and oxygen atoms in total. The molecule has 124 valence electrons. The average Bonchev–Trinajstić information content (AvgIpc) is 3.03. The zero-order chi connectivity index (χ0) is 17.6. The number of ether oxygens (including phenoxy) is 1. The summed E-state index contributed by atoms with van der Waals surface area (Å²) in [5.41, 5.74) is 0.421. The van der Waals surface area contributed by atoms with E-state index in [1.807, 2.05) is 0 Å². The lowest BCUT2D eigenvalue weighted by atomic mass is 10.2. The Hall–Kier alpha value is -3.68. The van der Waals surface area contributed by atoms with Crippen LogP contribution in [0.5, 0.6) is 5.75 Å². The number of methoxy groups -OCH3 is 1. The Morgan fingerprint density at radius 3 is 2.68 bits per heavy atom. The number of nitrogens with zero attached hydrogens (tertiary/aromatic N) is 2. The van der Waals surface area contributed by atoms with Gasteiger partial charge in [-0.3, -0.25) is 10.1 Å². The van der Waals surface area contributed by atoms with Crippen molar-refractivity contribution < 1.29 is 18.5 Å². The molecule has 0 radical (unpaired) electrons. The summed E-state index contributed by atoms with van der Waals surface area (Å²) >= 11 is 0. The van der Waals surface area contributed by atoms with Crippen LogP contribution in [0, 0.1) is 10.1 Å². The molecule has 0 amide bonds. The number of benzene rings is 2. The monoisotopic (exact) mass is 338 g/mol. The quantitative estimate of drug-likeness (QED) is 0.319. The van der Waals surface area contributed by atoms with E-state index >= 15 is 0 Å². The van der Waals surface area contributed by atoms with Gasteiger partial charge < -0.3 is 13.6 Å². The Kier molecular flexibility index (Phi) is 3.24. The van der Waals surface area contributed by atoms with Crippen molar-refractivity contribution in [1.82, 2.24) is 4.98 Å². The van der Waals surface area contributed by atoms with Crippen LogP contribution in [-0.2, 0) is 0 Å². The molecule has 0 saturated heterocycles. The van der Waals surface area contributed by atoms with Crippen molar-refractivity contribution in [2.45, 2.75) is 0 Å². The molecular formula is C17H10N2O6. The first-order chi connectivity index (χ1) is 12.0. The molecule has 0 spiro atoms. The maximum absolute atomic E-state index is 12.2. The van der Waals surface area contributed by atoms with Gasteiger partial charge in [0.25, 0.3) is 5.69 Å². The molecule has 0 aliphatic carbocycles. The molecule has 0 unspecified atom stereocenters. The lowest BCUT2D eigenvalue weighted by Crippen LogP contribution is -2.02. The molecule has 4 rings (SSSR count). The number of nitro groups is 1. The standard InChI is InChI=1S/C17H10N2O6/c1-23-11-3-5-14-9(6-11)7-12(17(20)25-14)16-18-13-4-2-10(19(21)22)8-15(13)24-16/h2-8H,1H3. The van der Waals surface area contributed by atoms with Crippen molar-refractivity contribution in [3.63, 3.8) is 0 Å². The number of hydrogen-bond acceptors (Lipinski definition) is 7. The maximum Gasteiger partial charge on any atom is 0.349 e. The van der Waals surface area contributed by atoms with Crippen molar-refractivity contribution in [3.8, 4) is 17.2 Å². The van der Waals surface area contributed by atoms with E-state index in [2.05, 4.69) is 4.98 Å². The van der Waals surface area contributed by atoms with Crippen LogP contribution in [-0.4, -0.2) is 17.0 Å². The van der Waals surface area contributed by atoms with Crippen molar-refractivity contribution >= 4 is 27.8 Å². The van der Waals surface area contributed by atoms with Crippen LogP contribution < -0.4 is 10.4 Å². The minimum atomic E-state index is -0.612. The van der Waals surface area contributed by atoms with Gasteiger partial charge in [-0.1, -0.05) is 0 Å². The minimum absolute atomic E-state index is 0.0361. The highest BCUT2D eigenvalue weighted by Gasteiger charge is 2.17. The first-order valence-electron chi connectivity index (χ1n) is 7.22. The molecule has 8 heteroatoms. The van der Waals surface area contributed by atoms with Crippen LogP contribution in [0.15, 0.2) is 56.1 Å². The van der Waals surface area contributed by atoms with E-state index in [0.717, 1.165) is 0 Å². The van der Waals surface area contributed by atoms with Crippen LogP contribution in [0.1, 0.15) is 0 Å². The van der Waals surface area contributed by atoms with Crippen LogP contribution in [0.2, 0.25) is 0 Å². The van der Waals surface area contributed by atoms with Gasteiger partial charge in [0, 0.05) is 11.5 Å². The van der Waals surface area contributed by atoms with Crippen molar-refractivity contribution in [2.24, 2.45) is 0 Å². The summed E-state index contributed by atoms with van der Waals surface area (Å²) in [4.78, 5) is 26.8. The molecule has 2 aromatic carbocycles. The largest absolute Gasteiger partial charge is 0.497 e. The minimum Gasteiger partial charge on any atom is -0.497 e. The first-order valence-corrected chi connectivity index (χ1v) is 7.22. The van der Waals surface area contributed by atoms with Crippen LogP contribution in [0.3, 0.4) is 0 Å². The predicted molar refractivity (Wildman–Crippen MR) is 88.7 cm³/mol. The Morgan fingerprint density at radius 1 is 1.08 bits per heavy atom. The van der Waals surface area contributed by atoms with Crippen LogP contribution in [0.25, 0.3) is 33.5 Å². The summed E-state index contributed by atoms with van der Waals surface area (Å²) < 4.78 is 16.0. The van der Waals surface area contributed by atoms with Gasteiger partial charge in [-0.05, 0) is 30.3 Å². The molecule has 0 atom stereocenters.